The molecule has 2 aromatic rings. The van der Waals surface area contributed by atoms with Crippen molar-refractivity contribution in [1.29, 1.82) is 0 Å². The highest BCUT2D eigenvalue weighted by atomic mass is 79.9. The van der Waals surface area contributed by atoms with E-state index in [1.165, 1.54) is 0 Å². The molecule has 0 amide bonds. The number of rotatable bonds is 2. The third-order valence-corrected chi connectivity index (χ3v) is 4.48. The molecule has 0 saturated carbocycles. The Morgan fingerprint density at radius 3 is 2.61 bits per heavy atom. The van der Waals surface area contributed by atoms with Crippen LogP contribution in [0.2, 0.25) is 0 Å². The molecule has 6 heteroatoms. The van der Waals surface area contributed by atoms with Gasteiger partial charge in [-0.15, -0.1) is 11.3 Å². The first-order valence-electron chi connectivity index (χ1n) is 5.57. The topological polar surface area (TPSA) is 46.1 Å². The predicted octanol–water partition coefficient (Wildman–Crippen LogP) is 2.75. The summed E-state index contributed by atoms with van der Waals surface area (Å²) in [6, 6.07) is 4.04. The zero-order chi connectivity index (χ0) is 12.5. The average Bonchev–Trinajstić information content (AvgIpc) is 2.98. The van der Waals surface area contributed by atoms with Crippen molar-refractivity contribution >= 4 is 39.0 Å². The van der Waals surface area contributed by atoms with Gasteiger partial charge < -0.3 is 4.90 Å². The van der Waals surface area contributed by atoms with E-state index in [1.54, 1.807) is 11.3 Å². The number of Topliss-reactive ketones (excluding diaryl/α,β-unsaturated/α-hetero) is 1. The normalized spacial score (nSPS) is 15.4. The summed E-state index contributed by atoms with van der Waals surface area (Å²) < 4.78 is 1.09. The Kier molecular flexibility index (Phi) is 3.13. The molecule has 1 fully saturated rings. The fourth-order valence-electron chi connectivity index (χ4n) is 1.88. The predicted molar refractivity (Wildman–Crippen MR) is 74.9 cm³/mol. The zero-order valence-corrected chi connectivity index (χ0v) is 11.9. The number of hydrogen-bond donors (Lipinski definition) is 0. The summed E-state index contributed by atoms with van der Waals surface area (Å²) in [5, 5.41) is 0. The first-order valence-corrected chi connectivity index (χ1v) is 7.18. The summed E-state index contributed by atoms with van der Waals surface area (Å²) >= 11 is 5.08. The minimum absolute atomic E-state index is 0.255. The molecule has 0 spiro atoms. The zero-order valence-electron chi connectivity index (χ0n) is 9.47. The van der Waals surface area contributed by atoms with Crippen LogP contribution in [0.3, 0.4) is 0 Å². The molecule has 3 heterocycles. The second kappa shape index (κ2) is 4.78. The molecular formula is C12H10BrN3OS. The number of carbonyl (C=O) groups excluding carboxylic acids is 1. The molecule has 0 unspecified atom stereocenters. The maximum Gasteiger partial charge on any atom is 0.225 e. The van der Waals surface area contributed by atoms with Gasteiger partial charge in [0.15, 0.2) is 5.78 Å². The van der Waals surface area contributed by atoms with Gasteiger partial charge in [0.2, 0.25) is 5.95 Å². The summed E-state index contributed by atoms with van der Waals surface area (Å²) in [6.45, 7) is 1.16. The minimum Gasteiger partial charge on any atom is -0.333 e. The molecule has 4 nitrogen and oxygen atoms in total. The van der Waals surface area contributed by atoms with E-state index in [9.17, 15) is 4.79 Å². The summed E-state index contributed by atoms with van der Waals surface area (Å²) in [7, 11) is 0. The fourth-order valence-corrected chi connectivity index (χ4v) is 3.24. The summed E-state index contributed by atoms with van der Waals surface area (Å²) in [5.41, 5.74) is 1.000. The van der Waals surface area contributed by atoms with Gasteiger partial charge >= 0.3 is 0 Å². The van der Waals surface area contributed by atoms with Gasteiger partial charge in [-0.25, -0.2) is 9.97 Å². The van der Waals surface area contributed by atoms with Crippen LogP contribution in [-0.2, 0) is 4.79 Å². The van der Waals surface area contributed by atoms with Gasteiger partial charge in [0.25, 0.3) is 0 Å². The number of ketones is 1. The monoisotopic (exact) mass is 323 g/mol. The number of halogens is 1. The molecule has 1 saturated heterocycles. The highest BCUT2D eigenvalue weighted by Crippen LogP contribution is 2.30. The molecule has 0 atom stereocenters. The molecule has 92 valence electrons. The molecule has 0 radical (unpaired) electrons. The number of hydrogen-bond acceptors (Lipinski definition) is 5. The lowest BCUT2D eigenvalue weighted by atomic mass is 10.3. The molecule has 0 aliphatic carbocycles. The van der Waals surface area contributed by atoms with Crippen LogP contribution in [0, 0.1) is 0 Å². The lowest BCUT2D eigenvalue weighted by Crippen LogP contribution is -2.21. The minimum atomic E-state index is 0.255. The number of anilines is 1. The quantitative estimate of drug-likeness (QED) is 0.852. The maximum absolute atomic E-state index is 11.2. The number of thiophene rings is 1. The molecule has 2 aromatic heterocycles. The Morgan fingerprint density at radius 2 is 2.06 bits per heavy atom. The SMILES string of the molecule is O=C1CCN(c2ncc(-c3ccc(Br)s3)cn2)C1. The van der Waals surface area contributed by atoms with Crippen LogP contribution >= 0.6 is 27.3 Å². The smallest absolute Gasteiger partial charge is 0.225 e. The van der Waals surface area contributed by atoms with Crippen molar-refractivity contribution in [2.45, 2.75) is 6.42 Å². The van der Waals surface area contributed by atoms with Crippen molar-refractivity contribution in [3.8, 4) is 10.4 Å². The Morgan fingerprint density at radius 1 is 1.28 bits per heavy atom. The number of nitrogens with zero attached hydrogens (tertiary/aromatic N) is 3. The molecule has 1 aliphatic heterocycles. The highest BCUT2D eigenvalue weighted by molar-refractivity contribution is 9.11. The summed E-state index contributed by atoms with van der Waals surface area (Å²) in [6.07, 6.45) is 4.22. The van der Waals surface area contributed by atoms with E-state index in [1.807, 2.05) is 29.4 Å². The van der Waals surface area contributed by atoms with Crippen molar-refractivity contribution in [1.82, 2.24) is 9.97 Å². The fraction of sp³-hybridized carbons (Fsp3) is 0.250. The third kappa shape index (κ3) is 2.30. The van der Waals surface area contributed by atoms with Crippen molar-refractivity contribution < 1.29 is 4.79 Å². The summed E-state index contributed by atoms with van der Waals surface area (Å²) in [4.78, 5) is 22.9. The first-order chi connectivity index (χ1) is 8.72. The van der Waals surface area contributed by atoms with Gasteiger partial charge in [0.05, 0.1) is 10.3 Å². The van der Waals surface area contributed by atoms with E-state index < -0.39 is 0 Å². The average molecular weight is 324 g/mol. The largest absolute Gasteiger partial charge is 0.333 e. The Labute approximate surface area is 117 Å². The summed E-state index contributed by atoms with van der Waals surface area (Å²) in [5.74, 6) is 0.894. The van der Waals surface area contributed by atoms with E-state index in [0.717, 1.165) is 20.8 Å². The third-order valence-electron chi connectivity index (χ3n) is 2.81. The highest BCUT2D eigenvalue weighted by Gasteiger charge is 2.21. The molecule has 3 rings (SSSR count). The van der Waals surface area contributed by atoms with E-state index in [-0.39, 0.29) is 5.78 Å². The van der Waals surface area contributed by atoms with Gasteiger partial charge in [-0.05, 0) is 28.1 Å². The van der Waals surface area contributed by atoms with Crippen molar-refractivity contribution in [3.63, 3.8) is 0 Å². The second-order valence-corrected chi connectivity index (χ2v) is 6.55. The van der Waals surface area contributed by atoms with E-state index >= 15 is 0 Å². The Balaban J connectivity index is 1.83. The number of carbonyl (C=O) groups is 1. The Bertz CT molecular complexity index is 581. The van der Waals surface area contributed by atoms with Crippen molar-refractivity contribution in [3.05, 3.63) is 28.3 Å². The van der Waals surface area contributed by atoms with E-state index in [0.29, 0.717) is 18.9 Å². The van der Waals surface area contributed by atoms with Gasteiger partial charge in [0, 0.05) is 35.8 Å². The van der Waals surface area contributed by atoms with Crippen LogP contribution in [0.5, 0.6) is 0 Å². The molecule has 1 aliphatic rings. The molecule has 0 bridgehead atoms. The van der Waals surface area contributed by atoms with Crippen LogP contribution in [0.4, 0.5) is 5.95 Å². The van der Waals surface area contributed by atoms with Crippen molar-refractivity contribution in [2.75, 3.05) is 18.0 Å². The molecule has 18 heavy (non-hydrogen) atoms. The second-order valence-electron chi connectivity index (χ2n) is 4.09. The lowest BCUT2D eigenvalue weighted by molar-refractivity contribution is -0.116. The first kappa shape index (κ1) is 11.8. The standard InChI is InChI=1S/C12H10BrN3OS/c13-11-2-1-10(18-11)8-5-14-12(15-6-8)16-4-3-9(17)7-16/h1-2,5-6H,3-4,7H2. The van der Waals surface area contributed by atoms with Gasteiger partial charge in [-0.2, -0.15) is 0 Å². The van der Waals surface area contributed by atoms with Gasteiger partial charge in [-0.3, -0.25) is 4.79 Å². The van der Waals surface area contributed by atoms with Gasteiger partial charge in [-0.1, -0.05) is 0 Å². The van der Waals surface area contributed by atoms with Crippen LogP contribution in [0.25, 0.3) is 10.4 Å². The lowest BCUT2D eigenvalue weighted by Gasteiger charge is -2.13. The Hall–Kier alpha value is -1.27. The number of aromatic nitrogens is 2. The molecule has 0 aromatic carbocycles. The maximum atomic E-state index is 11.2. The van der Waals surface area contributed by atoms with Crippen LogP contribution in [0.1, 0.15) is 6.42 Å². The van der Waals surface area contributed by atoms with Crippen LogP contribution < -0.4 is 4.90 Å². The van der Waals surface area contributed by atoms with Crippen molar-refractivity contribution in [2.24, 2.45) is 0 Å². The van der Waals surface area contributed by atoms with E-state index in [2.05, 4.69) is 25.9 Å². The molecule has 0 N–H and O–H groups in total. The van der Waals surface area contributed by atoms with E-state index in [4.69, 9.17) is 0 Å². The molecular weight excluding hydrogens is 314 g/mol. The van der Waals surface area contributed by atoms with Crippen LogP contribution in [0.15, 0.2) is 28.3 Å². The van der Waals surface area contributed by atoms with Gasteiger partial charge in [0.1, 0.15) is 0 Å². The van der Waals surface area contributed by atoms with Crippen LogP contribution in [-0.4, -0.2) is 28.8 Å².